The molecule has 0 N–H and O–H groups in total. The van der Waals surface area contributed by atoms with Crippen LogP contribution in [0.25, 0.3) is 10.8 Å². The highest BCUT2D eigenvalue weighted by molar-refractivity contribution is 7.89. The minimum atomic E-state index is -4.66. The van der Waals surface area contributed by atoms with Gasteiger partial charge in [0.2, 0.25) is 0 Å². The summed E-state index contributed by atoms with van der Waals surface area (Å²) in [5.41, 5.74) is 0.234. The summed E-state index contributed by atoms with van der Waals surface area (Å²) in [6.07, 6.45) is -2.26. The zero-order valence-corrected chi connectivity index (χ0v) is 22.8. The molecule has 0 spiro atoms. The third-order valence-corrected chi connectivity index (χ3v) is 7.33. The normalized spacial score (nSPS) is 11.6. The highest BCUT2D eigenvalue weighted by Crippen LogP contribution is 2.29. The second-order valence-corrected chi connectivity index (χ2v) is 11.5. The summed E-state index contributed by atoms with van der Waals surface area (Å²) in [6, 6.07) is 29.3. The molecule has 0 bridgehead atoms. The van der Waals surface area contributed by atoms with Gasteiger partial charge in [-0.3, -0.25) is 0 Å². The van der Waals surface area contributed by atoms with Crippen molar-refractivity contribution in [2.75, 3.05) is 0 Å². The van der Waals surface area contributed by atoms with E-state index in [0.29, 0.717) is 26.3 Å². The molecule has 0 fully saturated rings. The SMILES string of the molecule is CC(C)(C)OC(=O)N(N(Cc1ccccc1)C(=O)OCc1ccccc1)S(=O)(=O)c1cccc2ccccc12. The van der Waals surface area contributed by atoms with Crippen molar-refractivity contribution >= 4 is 33.0 Å². The van der Waals surface area contributed by atoms with E-state index in [4.69, 9.17) is 9.47 Å². The highest BCUT2D eigenvalue weighted by atomic mass is 32.2. The van der Waals surface area contributed by atoms with E-state index in [0.717, 1.165) is 5.01 Å². The second-order valence-electron chi connectivity index (χ2n) is 9.79. The molecule has 9 heteroatoms. The molecule has 0 unspecified atom stereocenters. The van der Waals surface area contributed by atoms with Crippen molar-refractivity contribution in [3.05, 3.63) is 114 Å². The molecule has 0 aromatic heterocycles. The van der Waals surface area contributed by atoms with Gasteiger partial charge in [-0.25, -0.2) is 9.59 Å². The van der Waals surface area contributed by atoms with Gasteiger partial charge in [0.15, 0.2) is 0 Å². The maximum absolute atomic E-state index is 14.3. The molecule has 0 aliphatic rings. The summed E-state index contributed by atoms with van der Waals surface area (Å²) in [6.45, 7) is 4.45. The summed E-state index contributed by atoms with van der Waals surface area (Å²) in [5, 5.41) is 1.82. The van der Waals surface area contributed by atoms with Gasteiger partial charge < -0.3 is 9.47 Å². The van der Waals surface area contributed by atoms with Gasteiger partial charge in [-0.2, -0.15) is 13.4 Å². The lowest BCUT2D eigenvalue weighted by Crippen LogP contribution is -2.53. The van der Waals surface area contributed by atoms with Crippen LogP contribution in [0.5, 0.6) is 0 Å². The molecule has 4 aromatic rings. The van der Waals surface area contributed by atoms with Crippen LogP contribution in [-0.4, -0.2) is 35.6 Å². The van der Waals surface area contributed by atoms with Gasteiger partial charge in [0.05, 0.1) is 11.4 Å². The van der Waals surface area contributed by atoms with Crippen LogP contribution in [0.15, 0.2) is 108 Å². The molecule has 4 rings (SSSR count). The molecule has 0 radical (unpaired) electrons. The average molecular weight is 547 g/mol. The number of benzene rings is 4. The molecule has 0 saturated heterocycles. The molecule has 0 atom stereocenters. The number of nitrogens with zero attached hydrogens (tertiary/aromatic N) is 2. The summed E-state index contributed by atoms with van der Waals surface area (Å²) in [7, 11) is -4.66. The molecular weight excluding hydrogens is 516 g/mol. The van der Waals surface area contributed by atoms with Gasteiger partial charge in [0.25, 0.3) is 10.0 Å². The van der Waals surface area contributed by atoms with E-state index in [-0.39, 0.29) is 18.0 Å². The Kier molecular flexibility index (Phi) is 8.21. The van der Waals surface area contributed by atoms with Crippen LogP contribution in [0.2, 0.25) is 0 Å². The molecule has 0 heterocycles. The fraction of sp³-hybridized carbons (Fsp3) is 0.200. The van der Waals surface area contributed by atoms with Crippen molar-refractivity contribution < 1.29 is 27.5 Å². The van der Waals surface area contributed by atoms with E-state index in [1.54, 1.807) is 112 Å². The number of ether oxygens (including phenoxy) is 2. The Balaban J connectivity index is 1.83. The summed E-state index contributed by atoms with van der Waals surface area (Å²) in [4.78, 5) is 27.0. The van der Waals surface area contributed by atoms with Crippen LogP contribution < -0.4 is 0 Å². The van der Waals surface area contributed by atoms with Crippen molar-refractivity contribution in [2.24, 2.45) is 0 Å². The quantitative estimate of drug-likeness (QED) is 0.256. The largest absolute Gasteiger partial charge is 0.444 e. The lowest BCUT2D eigenvalue weighted by atomic mass is 10.1. The molecule has 202 valence electrons. The molecule has 39 heavy (non-hydrogen) atoms. The monoisotopic (exact) mass is 546 g/mol. The number of carbonyl (C=O) groups is 2. The Morgan fingerprint density at radius 2 is 1.28 bits per heavy atom. The van der Waals surface area contributed by atoms with Crippen molar-refractivity contribution in [1.29, 1.82) is 0 Å². The number of hydrogen-bond donors (Lipinski definition) is 0. The Morgan fingerprint density at radius 1 is 0.718 bits per heavy atom. The first kappa shape index (κ1) is 27.7. The number of hydrazine groups is 1. The average Bonchev–Trinajstić information content (AvgIpc) is 2.91. The van der Waals surface area contributed by atoms with E-state index < -0.39 is 27.8 Å². The van der Waals surface area contributed by atoms with Crippen LogP contribution >= 0.6 is 0 Å². The number of amides is 2. The molecule has 2 amide bonds. The van der Waals surface area contributed by atoms with Crippen molar-refractivity contribution in [3.8, 4) is 0 Å². The standard InChI is InChI=1S/C30H30N2O6S/c1-30(2,3)38-29(34)32(39(35,36)27-20-12-18-25-17-10-11-19-26(25)27)31(21-23-13-6-4-7-14-23)28(33)37-22-24-15-8-5-9-16-24/h4-20H,21-22H2,1-3H3. The Labute approximate surface area is 228 Å². The minimum absolute atomic E-state index is 0.124. The van der Waals surface area contributed by atoms with E-state index in [2.05, 4.69) is 0 Å². The maximum Gasteiger partial charge on any atom is 0.444 e. The van der Waals surface area contributed by atoms with Crippen molar-refractivity contribution in [3.63, 3.8) is 0 Å². The second kappa shape index (κ2) is 11.6. The molecule has 8 nitrogen and oxygen atoms in total. The van der Waals surface area contributed by atoms with Crippen LogP contribution in [0, 0.1) is 0 Å². The predicted octanol–water partition coefficient (Wildman–Crippen LogP) is 6.52. The number of sulfonamides is 1. The molecular formula is C30H30N2O6S. The topological polar surface area (TPSA) is 93.2 Å². The summed E-state index contributed by atoms with van der Waals surface area (Å²) >= 11 is 0. The summed E-state index contributed by atoms with van der Waals surface area (Å²) < 4.78 is 39.9. The smallest absolute Gasteiger partial charge is 0.443 e. The van der Waals surface area contributed by atoms with Gasteiger partial charge >= 0.3 is 12.2 Å². The van der Waals surface area contributed by atoms with Crippen LogP contribution in [-0.2, 0) is 32.6 Å². The first-order valence-electron chi connectivity index (χ1n) is 12.3. The van der Waals surface area contributed by atoms with E-state index in [1.807, 2.05) is 6.07 Å². The van der Waals surface area contributed by atoms with E-state index in [9.17, 15) is 18.0 Å². The zero-order chi connectivity index (χ0) is 28.0. The van der Waals surface area contributed by atoms with Crippen LogP contribution in [0.4, 0.5) is 9.59 Å². The van der Waals surface area contributed by atoms with Gasteiger partial charge in [-0.15, -0.1) is 0 Å². The van der Waals surface area contributed by atoms with E-state index in [1.165, 1.54) is 6.07 Å². The minimum Gasteiger partial charge on any atom is -0.443 e. The zero-order valence-electron chi connectivity index (χ0n) is 22.0. The Morgan fingerprint density at radius 3 is 1.92 bits per heavy atom. The highest BCUT2D eigenvalue weighted by Gasteiger charge is 2.42. The number of carbonyl (C=O) groups excluding carboxylic acids is 2. The predicted molar refractivity (Wildman–Crippen MR) is 148 cm³/mol. The van der Waals surface area contributed by atoms with Gasteiger partial charge in [0.1, 0.15) is 12.2 Å². The van der Waals surface area contributed by atoms with Crippen molar-refractivity contribution in [2.45, 2.75) is 44.4 Å². The Bertz CT molecular complexity index is 1550. The summed E-state index contributed by atoms with van der Waals surface area (Å²) in [5.74, 6) is 0. The molecule has 0 aliphatic carbocycles. The lowest BCUT2D eigenvalue weighted by molar-refractivity contribution is -0.0146. The lowest BCUT2D eigenvalue weighted by Gasteiger charge is -2.34. The van der Waals surface area contributed by atoms with Crippen molar-refractivity contribution in [1.82, 2.24) is 9.42 Å². The fourth-order valence-corrected chi connectivity index (χ4v) is 5.41. The first-order valence-corrected chi connectivity index (χ1v) is 13.8. The molecule has 0 saturated carbocycles. The third-order valence-electron chi connectivity index (χ3n) is 5.62. The Hall–Kier alpha value is -4.37. The van der Waals surface area contributed by atoms with Gasteiger partial charge in [-0.1, -0.05) is 101 Å². The third kappa shape index (κ3) is 6.74. The van der Waals surface area contributed by atoms with Gasteiger partial charge in [-0.05, 0) is 43.4 Å². The number of hydrogen-bond acceptors (Lipinski definition) is 6. The maximum atomic E-state index is 14.3. The first-order chi connectivity index (χ1) is 18.6. The van der Waals surface area contributed by atoms with Crippen LogP contribution in [0.1, 0.15) is 31.9 Å². The number of fused-ring (bicyclic) bond motifs is 1. The van der Waals surface area contributed by atoms with Gasteiger partial charge in [0, 0.05) is 5.39 Å². The number of rotatable bonds is 6. The van der Waals surface area contributed by atoms with Crippen LogP contribution in [0.3, 0.4) is 0 Å². The fourth-order valence-electron chi connectivity index (χ4n) is 3.89. The molecule has 4 aromatic carbocycles. The van der Waals surface area contributed by atoms with E-state index >= 15 is 0 Å². The molecule has 0 aliphatic heterocycles.